The van der Waals surface area contributed by atoms with Crippen molar-refractivity contribution in [1.82, 2.24) is 4.90 Å². The monoisotopic (exact) mass is 238 g/mol. The van der Waals surface area contributed by atoms with Crippen LogP contribution in [0.1, 0.15) is 24.0 Å². The first kappa shape index (κ1) is 12.3. The van der Waals surface area contributed by atoms with Gasteiger partial charge in [-0.25, -0.2) is 4.39 Å². The van der Waals surface area contributed by atoms with Crippen molar-refractivity contribution in [3.8, 4) is 5.75 Å². The Morgan fingerprint density at radius 3 is 2.53 bits per heavy atom. The second-order valence-electron chi connectivity index (χ2n) is 5.18. The molecule has 1 saturated carbocycles. The molecule has 0 saturated heterocycles. The standard InChI is InChI=1S/C13H19FN2O/c1-16(2)7-9-5-10(14)6-11(12(9)17)13(8-15)3-4-13/h5-6,17H,3-4,7-8,15H2,1-2H3. The van der Waals surface area contributed by atoms with Gasteiger partial charge in [0.25, 0.3) is 0 Å². The van der Waals surface area contributed by atoms with Gasteiger partial charge >= 0.3 is 0 Å². The predicted molar refractivity (Wildman–Crippen MR) is 65.4 cm³/mol. The molecule has 0 heterocycles. The van der Waals surface area contributed by atoms with Crippen LogP contribution < -0.4 is 5.73 Å². The van der Waals surface area contributed by atoms with Gasteiger partial charge in [-0.3, -0.25) is 0 Å². The van der Waals surface area contributed by atoms with Crippen LogP contribution in [0.2, 0.25) is 0 Å². The van der Waals surface area contributed by atoms with E-state index >= 15 is 0 Å². The minimum Gasteiger partial charge on any atom is -0.507 e. The van der Waals surface area contributed by atoms with Crippen molar-refractivity contribution in [1.29, 1.82) is 0 Å². The van der Waals surface area contributed by atoms with Crippen molar-refractivity contribution in [3.63, 3.8) is 0 Å². The number of hydrogen-bond donors (Lipinski definition) is 2. The fourth-order valence-corrected chi connectivity index (χ4v) is 2.26. The molecule has 1 fully saturated rings. The quantitative estimate of drug-likeness (QED) is 0.837. The SMILES string of the molecule is CN(C)Cc1cc(F)cc(C2(CN)CC2)c1O. The minimum atomic E-state index is -0.297. The van der Waals surface area contributed by atoms with Crippen LogP contribution >= 0.6 is 0 Å². The molecule has 1 aliphatic carbocycles. The molecule has 17 heavy (non-hydrogen) atoms. The highest BCUT2D eigenvalue weighted by Gasteiger charge is 2.45. The number of phenols is 1. The third-order valence-corrected chi connectivity index (χ3v) is 3.46. The van der Waals surface area contributed by atoms with E-state index in [4.69, 9.17) is 5.73 Å². The fourth-order valence-electron chi connectivity index (χ4n) is 2.26. The lowest BCUT2D eigenvalue weighted by molar-refractivity contribution is 0.380. The molecular weight excluding hydrogens is 219 g/mol. The second kappa shape index (κ2) is 4.27. The van der Waals surface area contributed by atoms with Crippen LogP contribution in [0.5, 0.6) is 5.75 Å². The Morgan fingerprint density at radius 2 is 2.06 bits per heavy atom. The molecule has 1 aromatic carbocycles. The number of benzene rings is 1. The van der Waals surface area contributed by atoms with Crippen molar-refractivity contribution in [2.45, 2.75) is 24.8 Å². The van der Waals surface area contributed by atoms with E-state index in [1.165, 1.54) is 12.1 Å². The smallest absolute Gasteiger partial charge is 0.124 e. The number of aromatic hydroxyl groups is 1. The van der Waals surface area contributed by atoms with Crippen molar-refractivity contribution in [2.75, 3.05) is 20.6 Å². The van der Waals surface area contributed by atoms with Crippen molar-refractivity contribution >= 4 is 0 Å². The van der Waals surface area contributed by atoms with Crippen molar-refractivity contribution in [3.05, 3.63) is 29.1 Å². The molecule has 0 atom stereocenters. The summed E-state index contributed by atoms with van der Waals surface area (Å²) in [6, 6.07) is 2.82. The molecule has 0 radical (unpaired) electrons. The third-order valence-electron chi connectivity index (χ3n) is 3.46. The summed E-state index contributed by atoms with van der Waals surface area (Å²) in [5.41, 5.74) is 6.85. The van der Waals surface area contributed by atoms with E-state index in [2.05, 4.69) is 0 Å². The van der Waals surface area contributed by atoms with E-state index in [-0.39, 0.29) is 17.0 Å². The Labute approximate surface area is 101 Å². The zero-order valence-electron chi connectivity index (χ0n) is 10.3. The Hall–Kier alpha value is -1.13. The van der Waals surface area contributed by atoms with Crippen molar-refractivity contribution in [2.24, 2.45) is 5.73 Å². The summed E-state index contributed by atoms with van der Waals surface area (Å²) in [7, 11) is 3.78. The molecule has 0 bridgehead atoms. The van der Waals surface area contributed by atoms with Crippen LogP contribution in [0.15, 0.2) is 12.1 Å². The third kappa shape index (κ3) is 2.28. The first-order valence-electron chi connectivity index (χ1n) is 5.85. The molecule has 2 rings (SSSR count). The molecule has 1 aromatic rings. The summed E-state index contributed by atoms with van der Waals surface area (Å²) in [6.45, 7) is 0.989. The number of halogens is 1. The summed E-state index contributed by atoms with van der Waals surface area (Å²) in [5, 5.41) is 10.2. The van der Waals surface area contributed by atoms with Gasteiger partial charge in [0.1, 0.15) is 11.6 Å². The normalized spacial score (nSPS) is 17.5. The number of nitrogens with zero attached hydrogens (tertiary/aromatic N) is 1. The Kier molecular flexibility index (Phi) is 3.10. The maximum absolute atomic E-state index is 13.6. The van der Waals surface area contributed by atoms with Gasteiger partial charge < -0.3 is 15.7 Å². The van der Waals surface area contributed by atoms with E-state index in [1.807, 2.05) is 19.0 Å². The Balaban J connectivity index is 2.43. The van der Waals surface area contributed by atoms with E-state index in [0.717, 1.165) is 12.8 Å². The zero-order chi connectivity index (χ0) is 12.6. The lowest BCUT2D eigenvalue weighted by Gasteiger charge is -2.19. The molecule has 3 N–H and O–H groups in total. The van der Waals surface area contributed by atoms with Gasteiger partial charge in [0.2, 0.25) is 0 Å². The average Bonchev–Trinajstić information content (AvgIpc) is 3.03. The summed E-state index contributed by atoms with van der Waals surface area (Å²) in [4.78, 5) is 1.90. The number of hydrogen-bond acceptors (Lipinski definition) is 3. The number of phenolic OH excluding ortho intramolecular Hbond substituents is 1. The molecule has 0 aliphatic heterocycles. The highest BCUT2D eigenvalue weighted by atomic mass is 19.1. The van der Waals surface area contributed by atoms with Crippen LogP contribution in [0, 0.1) is 5.82 Å². The van der Waals surface area contributed by atoms with Crippen LogP contribution in [-0.2, 0) is 12.0 Å². The molecule has 94 valence electrons. The van der Waals surface area contributed by atoms with E-state index < -0.39 is 0 Å². The minimum absolute atomic E-state index is 0.187. The zero-order valence-corrected chi connectivity index (χ0v) is 10.3. The van der Waals surface area contributed by atoms with E-state index in [1.54, 1.807) is 0 Å². The van der Waals surface area contributed by atoms with Gasteiger partial charge in [0, 0.05) is 29.6 Å². The van der Waals surface area contributed by atoms with Crippen molar-refractivity contribution < 1.29 is 9.50 Å². The maximum Gasteiger partial charge on any atom is 0.124 e. The first-order valence-corrected chi connectivity index (χ1v) is 5.85. The molecule has 0 spiro atoms. The highest BCUT2D eigenvalue weighted by molar-refractivity contribution is 5.48. The average molecular weight is 238 g/mol. The summed E-state index contributed by atoms with van der Waals surface area (Å²) >= 11 is 0. The van der Waals surface area contributed by atoms with E-state index in [9.17, 15) is 9.50 Å². The number of rotatable bonds is 4. The summed E-state index contributed by atoms with van der Waals surface area (Å²) in [5.74, 6) is -0.0857. The van der Waals surface area contributed by atoms with Gasteiger partial charge in [-0.1, -0.05) is 0 Å². The lowest BCUT2D eigenvalue weighted by atomic mass is 9.93. The van der Waals surface area contributed by atoms with Gasteiger partial charge in [0.15, 0.2) is 0 Å². The Morgan fingerprint density at radius 1 is 1.41 bits per heavy atom. The topological polar surface area (TPSA) is 49.5 Å². The van der Waals surface area contributed by atoms with Crippen LogP contribution in [0.25, 0.3) is 0 Å². The molecule has 0 amide bonds. The molecular formula is C13H19FN2O. The van der Waals surface area contributed by atoms with Gasteiger partial charge in [-0.05, 0) is 39.1 Å². The van der Waals surface area contributed by atoms with E-state index in [0.29, 0.717) is 24.2 Å². The van der Waals surface area contributed by atoms with Crippen LogP contribution in [-0.4, -0.2) is 30.6 Å². The van der Waals surface area contributed by atoms with Gasteiger partial charge in [-0.2, -0.15) is 0 Å². The Bertz CT molecular complexity index is 428. The van der Waals surface area contributed by atoms with Gasteiger partial charge in [-0.15, -0.1) is 0 Å². The number of nitrogens with two attached hydrogens (primary N) is 1. The molecule has 4 heteroatoms. The summed E-state index contributed by atoms with van der Waals surface area (Å²) in [6.07, 6.45) is 1.86. The largest absolute Gasteiger partial charge is 0.507 e. The second-order valence-corrected chi connectivity index (χ2v) is 5.18. The molecule has 0 aromatic heterocycles. The van der Waals surface area contributed by atoms with Crippen LogP contribution in [0.3, 0.4) is 0 Å². The highest BCUT2D eigenvalue weighted by Crippen LogP contribution is 2.51. The molecule has 1 aliphatic rings. The van der Waals surface area contributed by atoms with Crippen LogP contribution in [0.4, 0.5) is 4.39 Å². The van der Waals surface area contributed by atoms with Gasteiger partial charge in [0.05, 0.1) is 0 Å². The summed E-state index contributed by atoms with van der Waals surface area (Å²) < 4.78 is 13.6. The fraction of sp³-hybridized carbons (Fsp3) is 0.538. The molecule has 0 unspecified atom stereocenters. The first-order chi connectivity index (χ1) is 7.98. The predicted octanol–water partition coefficient (Wildman–Crippen LogP) is 1.58. The lowest BCUT2D eigenvalue weighted by Crippen LogP contribution is -2.21. The molecule has 3 nitrogen and oxygen atoms in total. The maximum atomic E-state index is 13.6.